The van der Waals surface area contributed by atoms with Gasteiger partial charge in [0, 0.05) is 25.2 Å². The van der Waals surface area contributed by atoms with Crippen molar-refractivity contribution in [3.05, 3.63) is 35.1 Å². The van der Waals surface area contributed by atoms with E-state index >= 15 is 0 Å². The molecule has 1 saturated heterocycles. The average molecular weight is 280 g/mol. The first kappa shape index (κ1) is 14.4. The molecule has 0 radical (unpaired) electrons. The first-order chi connectivity index (χ1) is 8.95. The number of benzene rings is 1. The molecule has 1 heterocycles. The van der Waals surface area contributed by atoms with Crippen LogP contribution in [0.25, 0.3) is 0 Å². The second-order valence-corrected chi connectivity index (χ2v) is 6.25. The van der Waals surface area contributed by atoms with Gasteiger partial charge in [0.25, 0.3) is 0 Å². The molecule has 1 fully saturated rings. The summed E-state index contributed by atoms with van der Waals surface area (Å²) >= 11 is 5.04. The van der Waals surface area contributed by atoms with E-state index in [4.69, 9.17) is 18.0 Å². The fourth-order valence-corrected chi connectivity index (χ4v) is 3.29. The monoisotopic (exact) mass is 280 g/mol. The van der Waals surface area contributed by atoms with Gasteiger partial charge in [0.05, 0.1) is 0 Å². The predicted molar refractivity (Wildman–Crippen MR) is 80.5 cm³/mol. The predicted octanol–water partition coefficient (Wildman–Crippen LogP) is 2.94. The van der Waals surface area contributed by atoms with Crippen molar-refractivity contribution >= 4 is 17.2 Å². The van der Waals surface area contributed by atoms with E-state index in [1.165, 1.54) is 12.5 Å². The molecule has 0 aliphatic carbocycles. The molecule has 0 spiro atoms. The minimum atomic E-state index is -0.229. The number of nitrogens with two attached hydrogens (primary N) is 1. The number of likely N-dealkylation sites (tertiary alicyclic amines) is 1. The molecule has 2 unspecified atom stereocenters. The first-order valence-electron chi connectivity index (χ1n) is 6.76. The number of hydrogen-bond acceptors (Lipinski definition) is 2. The van der Waals surface area contributed by atoms with Gasteiger partial charge in [-0.2, -0.15) is 0 Å². The molecule has 2 nitrogen and oxygen atoms in total. The van der Waals surface area contributed by atoms with Crippen LogP contribution in [0.2, 0.25) is 0 Å². The number of halogens is 1. The maximum absolute atomic E-state index is 13.4. The van der Waals surface area contributed by atoms with Crippen LogP contribution in [-0.4, -0.2) is 23.0 Å². The molecule has 2 rings (SSSR count). The highest BCUT2D eigenvalue weighted by Crippen LogP contribution is 2.23. The Morgan fingerprint density at radius 3 is 2.58 bits per heavy atom. The Morgan fingerprint density at radius 2 is 2.00 bits per heavy atom. The highest BCUT2D eigenvalue weighted by Gasteiger charge is 2.22. The molecular weight excluding hydrogens is 259 g/mol. The second-order valence-electron chi connectivity index (χ2n) is 5.81. The Labute approximate surface area is 119 Å². The normalized spacial score (nSPS) is 24.4. The van der Waals surface area contributed by atoms with Crippen LogP contribution in [0, 0.1) is 17.7 Å². The topological polar surface area (TPSA) is 29.3 Å². The molecular formula is C15H21FN2S. The molecule has 1 aliphatic heterocycles. The van der Waals surface area contributed by atoms with Crippen molar-refractivity contribution in [2.45, 2.75) is 26.8 Å². The molecule has 1 aromatic carbocycles. The van der Waals surface area contributed by atoms with Gasteiger partial charge >= 0.3 is 0 Å². The summed E-state index contributed by atoms with van der Waals surface area (Å²) in [6.07, 6.45) is 1.27. The van der Waals surface area contributed by atoms with E-state index in [-0.39, 0.29) is 5.82 Å². The van der Waals surface area contributed by atoms with Gasteiger partial charge < -0.3 is 5.73 Å². The molecule has 4 heteroatoms. The van der Waals surface area contributed by atoms with E-state index in [0.29, 0.717) is 16.8 Å². The number of hydrogen-bond donors (Lipinski definition) is 1. The fraction of sp³-hybridized carbons (Fsp3) is 0.533. The molecule has 0 amide bonds. The van der Waals surface area contributed by atoms with Crippen LogP contribution in [0.4, 0.5) is 4.39 Å². The Balaban J connectivity index is 2.18. The van der Waals surface area contributed by atoms with Gasteiger partial charge in [0.15, 0.2) is 0 Å². The maximum Gasteiger partial charge on any atom is 0.123 e. The van der Waals surface area contributed by atoms with Gasteiger partial charge in [-0.3, -0.25) is 4.90 Å². The number of rotatable bonds is 3. The van der Waals surface area contributed by atoms with Crippen molar-refractivity contribution < 1.29 is 4.39 Å². The second kappa shape index (κ2) is 5.97. The third kappa shape index (κ3) is 3.74. The highest BCUT2D eigenvalue weighted by atomic mass is 32.1. The summed E-state index contributed by atoms with van der Waals surface area (Å²) in [7, 11) is 0. The fourth-order valence-electron chi connectivity index (χ4n) is 3.10. The Bertz CT molecular complexity index is 465. The maximum atomic E-state index is 13.4. The number of piperidine rings is 1. The van der Waals surface area contributed by atoms with Crippen LogP contribution in [0.15, 0.2) is 18.2 Å². The summed E-state index contributed by atoms with van der Waals surface area (Å²) in [5.41, 5.74) is 7.41. The lowest BCUT2D eigenvalue weighted by Gasteiger charge is -2.35. The van der Waals surface area contributed by atoms with E-state index in [0.717, 1.165) is 30.8 Å². The van der Waals surface area contributed by atoms with Crippen molar-refractivity contribution in [1.29, 1.82) is 0 Å². The standard InChI is InChI=1S/C15H21FN2S/c1-10-5-11(2)8-18(7-10)9-12-6-13(16)3-4-14(12)15(17)19/h3-4,6,10-11H,5,7-9H2,1-2H3,(H2,17,19). The summed E-state index contributed by atoms with van der Waals surface area (Å²) < 4.78 is 13.4. The summed E-state index contributed by atoms with van der Waals surface area (Å²) in [5, 5.41) is 0. The summed E-state index contributed by atoms with van der Waals surface area (Å²) in [4.78, 5) is 2.71. The molecule has 2 N–H and O–H groups in total. The van der Waals surface area contributed by atoms with Crippen molar-refractivity contribution in [2.24, 2.45) is 17.6 Å². The van der Waals surface area contributed by atoms with Gasteiger partial charge in [0.2, 0.25) is 0 Å². The number of thiocarbonyl (C=S) groups is 1. The summed E-state index contributed by atoms with van der Waals surface area (Å²) in [5.74, 6) is 1.14. The van der Waals surface area contributed by atoms with Crippen molar-refractivity contribution in [3.63, 3.8) is 0 Å². The van der Waals surface area contributed by atoms with Crippen molar-refractivity contribution in [2.75, 3.05) is 13.1 Å². The Morgan fingerprint density at radius 1 is 1.37 bits per heavy atom. The van der Waals surface area contributed by atoms with Crippen molar-refractivity contribution in [1.82, 2.24) is 4.90 Å². The van der Waals surface area contributed by atoms with Gasteiger partial charge in [-0.25, -0.2) is 4.39 Å². The van der Waals surface area contributed by atoms with E-state index in [1.54, 1.807) is 12.1 Å². The van der Waals surface area contributed by atoms with Gasteiger partial charge in [-0.1, -0.05) is 26.1 Å². The first-order valence-corrected chi connectivity index (χ1v) is 7.17. The SMILES string of the molecule is CC1CC(C)CN(Cc2cc(F)ccc2C(N)=S)C1. The van der Waals surface area contributed by atoms with Crippen LogP contribution in [0.3, 0.4) is 0 Å². The zero-order valence-corrected chi connectivity index (χ0v) is 12.3. The Kier molecular flexibility index (Phi) is 4.53. The summed E-state index contributed by atoms with van der Waals surface area (Å²) in [6, 6.07) is 4.65. The van der Waals surface area contributed by atoms with Crippen LogP contribution < -0.4 is 5.73 Å². The van der Waals surface area contributed by atoms with Crippen LogP contribution in [0.5, 0.6) is 0 Å². The molecule has 0 saturated carbocycles. The van der Waals surface area contributed by atoms with Crippen molar-refractivity contribution in [3.8, 4) is 0 Å². The third-order valence-electron chi connectivity index (χ3n) is 3.67. The molecule has 0 bridgehead atoms. The number of nitrogens with zero attached hydrogens (tertiary/aromatic N) is 1. The molecule has 1 aromatic rings. The molecule has 1 aliphatic rings. The van der Waals surface area contributed by atoms with Gasteiger partial charge in [0.1, 0.15) is 10.8 Å². The zero-order chi connectivity index (χ0) is 14.0. The zero-order valence-electron chi connectivity index (χ0n) is 11.5. The molecule has 19 heavy (non-hydrogen) atoms. The summed E-state index contributed by atoms with van der Waals surface area (Å²) in [6.45, 7) is 7.36. The highest BCUT2D eigenvalue weighted by molar-refractivity contribution is 7.80. The largest absolute Gasteiger partial charge is 0.389 e. The lowest BCUT2D eigenvalue weighted by molar-refractivity contribution is 0.134. The molecule has 104 valence electrons. The minimum Gasteiger partial charge on any atom is -0.389 e. The van der Waals surface area contributed by atoms with E-state index in [9.17, 15) is 4.39 Å². The quantitative estimate of drug-likeness (QED) is 0.863. The minimum absolute atomic E-state index is 0.229. The molecule has 2 atom stereocenters. The van der Waals surface area contributed by atoms with E-state index < -0.39 is 0 Å². The van der Waals surface area contributed by atoms with Crippen LogP contribution in [0.1, 0.15) is 31.4 Å². The van der Waals surface area contributed by atoms with Gasteiger partial charge in [-0.15, -0.1) is 0 Å². The third-order valence-corrected chi connectivity index (χ3v) is 3.89. The Hall–Kier alpha value is -1.00. The van der Waals surface area contributed by atoms with E-state index in [1.807, 2.05) is 0 Å². The molecule has 0 aromatic heterocycles. The van der Waals surface area contributed by atoms with Gasteiger partial charge in [-0.05, 0) is 42.0 Å². The van der Waals surface area contributed by atoms with Crippen LogP contribution in [-0.2, 0) is 6.54 Å². The lowest BCUT2D eigenvalue weighted by Crippen LogP contribution is -2.38. The van der Waals surface area contributed by atoms with Crippen LogP contribution >= 0.6 is 12.2 Å². The van der Waals surface area contributed by atoms with E-state index in [2.05, 4.69) is 18.7 Å². The smallest absolute Gasteiger partial charge is 0.123 e. The average Bonchev–Trinajstić information content (AvgIpc) is 2.26. The lowest BCUT2D eigenvalue weighted by atomic mass is 9.91.